The Morgan fingerprint density at radius 2 is 2.26 bits per heavy atom. The Labute approximate surface area is 139 Å². The Morgan fingerprint density at radius 1 is 1.48 bits per heavy atom. The minimum absolute atomic E-state index is 0.0165. The van der Waals surface area contributed by atoms with E-state index in [1.165, 1.54) is 29.1 Å². The zero-order chi connectivity index (χ0) is 16.8. The van der Waals surface area contributed by atoms with Crippen molar-refractivity contribution in [3.8, 4) is 5.75 Å². The van der Waals surface area contributed by atoms with E-state index >= 15 is 0 Å². The largest absolute Gasteiger partial charge is 0.434 e. The molecule has 2 rings (SSSR count). The first-order chi connectivity index (χ1) is 11.0. The molecule has 2 aromatic rings. The lowest BCUT2D eigenvalue weighted by Crippen LogP contribution is -2.15. The summed E-state index contributed by atoms with van der Waals surface area (Å²) in [5, 5.41) is 6.58. The Balaban J connectivity index is 2.13. The Bertz CT molecular complexity index is 679. The number of carbonyl (C=O) groups is 1. The van der Waals surface area contributed by atoms with Crippen LogP contribution in [0.4, 0.5) is 14.5 Å². The lowest BCUT2D eigenvalue weighted by Gasteiger charge is -2.10. The second-order valence-electron chi connectivity index (χ2n) is 4.36. The average molecular weight is 390 g/mol. The van der Waals surface area contributed by atoms with Crippen molar-refractivity contribution in [2.75, 3.05) is 11.9 Å². The second kappa shape index (κ2) is 8.02. The van der Waals surface area contributed by atoms with E-state index in [1.807, 2.05) is 6.92 Å². The van der Waals surface area contributed by atoms with Gasteiger partial charge in [-0.05, 0) is 25.1 Å². The topological polar surface area (TPSA) is 65.4 Å². The van der Waals surface area contributed by atoms with Gasteiger partial charge in [0.2, 0.25) is 0 Å². The molecule has 0 atom stereocenters. The van der Waals surface area contributed by atoms with Crippen molar-refractivity contribution in [3.63, 3.8) is 0 Å². The molecule has 6 nitrogen and oxygen atoms in total. The lowest BCUT2D eigenvalue weighted by atomic mass is 10.2. The van der Waals surface area contributed by atoms with Gasteiger partial charge in [0.05, 0.1) is 23.6 Å². The van der Waals surface area contributed by atoms with Gasteiger partial charge in [0, 0.05) is 11.1 Å². The molecule has 0 aliphatic heterocycles. The van der Waals surface area contributed by atoms with Gasteiger partial charge in [-0.2, -0.15) is 13.9 Å². The molecule has 0 saturated heterocycles. The van der Waals surface area contributed by atoms with Crippen molar-refractivity contribution in [2.24, 2.45) is 0 Å². The van der Waals surface area contributed by atoms with Crippen molar-refractivity contribution >= 4 is 27.5 Å². The molecule has 0 aliphatic carbocycles. The van der Waals surface area contributed by atoms with Crippen LogP contribution in [0.5, 0.6) is 5.75 Å². The first-order valence-corrected chi connectivity index (χ1v) is 7.44. The van der Waals surface area contributed by atoms with Crippen LogP contribution in [0.15, 0.2) is 35.1 Å². The van der Waals surface area contributed by atoms with E-state index in [2.05, 4.69) is 31.1 Å². The van der Waals surface area contributed by atoms with E-state index < -0.39 is 12.5 Å². The number of carbonyl (C=O) groups excluding carboxylic acids is 1. The zero-order valence-corrected chi connectivity index (χ0v) is 13.7. The van der Waals surface area contributed by atoms with Crippen LogP contribution in [-0.2, 0) is 11.5 Å². The van der Waals surface area contributed by atoms with Crippen molar-refractivity contribution < 1.29 is 23.0 Å². The summed E-state index contributed by atoms with van der Waals surface area (Å²) in [6.07, 6.45) is 3.00. The maximum Gasteiger partial charge on any atom is 0.387 e. The molecule has 9 heteroatoms. The predicted molar refractivity (Wildman–Crippen MR) is 82.6 cm³/mol. The van der Waals surface area contributed by atoms with Gasteiger partial charge in [0.15, 0.2) is 0 Å². The number of nitrogens with one attached hydrogen (secondary N) is 1. The fraction of sp³-hybridized carbons (Fsp3) is 0.286. The summed E-state index contributed by atoms with van der Waals surface area (Å²) in [6.45, 7) is -0.377. The summed E-state index contributed by atoms with van der Waals surface area (Å²) in [5.41, 5.74) is 0.398. The molecular formula is C14H14BrF2N3O3. The highest BCUT2D eigenvalue weighted by molar-refractivity contribution is 9.10. The number of amides is 1. The molecule has 1 heterocycles. The number of hydrogen-bond acceptors (Lipinski definition) is 4. The van der Waals surface area contributed by atoms with Gasteiger partial charge in [-0.25, -0.2) is 4.68 Å². The lowest BCUT2D eigenvalue weighted by molar-refractivity contribution is -0.0501. The van der Waals surface area contributed by atoms with Gasteiger partial charge < -0.3 is 14.8 Å². The van der Waals surface area contributed by atoms with Gasteiger partial charge in [-0.1, -0.05) is 15.9 Å². The number of rotatable bonds is 7. The number of ether oxygens (including phenoxy) is 2. The molecule has 124 valence electrons. The highest BCUT2D eigenvalue weighted by Gasteiger charge is 2.17. The molecule has 1 N–H and O–H groups in total. The van der Waals surface area contributed by atoms with Crippen molar-refractivity contribution in [3.05, 3.63) is 40.6 Å². The number of aromatic nitrogens is 2. The quantitative estimate of drug-likeness (QED) is 0.786. The van der Waals surface area contributed by atoms with Gasteiger partial charge in [-0.3, -0.25) is 4.79 Å². The highest BCUT2D eigenvalue weighted by Crippen LogP contribution is 2.25. The second-order valence-corrected chi connectivity index (χ2v) is 5.28. The van der Waals surface area contributed by atoms with Crippen LogP contribution < -0.4 is 10.1 Å². The third kappa shape index (κ3) is 5.00. The first kappa shape index (κ1) is 17.4. The predicted octanol–water partition coefficient (Wildman–Crippen LogP) is 3.49. The molecule has 0 aliphatic rings. The summed E-state index contributed by atoms with van der Waals surface area (Å²) in [4.78, 5) is 12.3. The SMILES string of the molecule is CCOCn1cc(NC(=O)c2cc(Br)ccc2OC(F)F)cn1. The van der Waals surface area contributed by atoms with Crippen LogP contribution in [0.2, 0.25) is 0 Å². The van der Waals surface area contributed by atoms with Crippen molar-refractivity contribution in [1.29, 1.82) is 0 Å². The number of hydrogen-bond donors (Lipinski definition) is 1. The molecule has 0 unspecified atom stereocenters. The monoisotopic (exact) mass is 389 g/mol. The molecule has 1 aromatic carbocycles. The Morgan fingerprint density at radius 3 is 2.96 bits per heavy atom. The van der Waals surface area contributed by atoms with Crippen LogP contribution in [-0.4, -0.2) is 28.9 Å². The fourth-order valence-corrected chi connectivity index (χ4v) is 2.12. The van der Waals surface area contributed by atoms with Crippen molar-refractivity contribution in [2.45, 2.75) is 20.3 Å². The van der Waals surface area contributed by atoms with E-state index in [-0.39, 0.29) is 18.0 Å². The Hall–Kier alpha value is -2.00. The summed E-state index contributed by atoms with van der Waals surface area (Å²) < 4.78 is 36.4. The normalized spacial score (nSPS) is 10.8. The van der Waals surface area contributed by atoms with Crippen LogP contribution in [0.3, 0.4) is 0 Å². The van der Waals surface area contributed by atoms with Gasteiger partial charge in [-0.15, -0.1) is 0 Å². The molecule has 0 saturated carbocycles. The molecule has 0 radical (unpaired) electrons. The third-order valence-corrected chi connectivity index (χ3v) is 3.21. The van der Waals surface area contributed by atoms with E-state index in [9.17, 15) is 13.6 Å². The number of halogens is 3. The molecule has 1 amide bonds. The van der Waals surface area contributed by atoms with E-state index in [4.69, 9.17) is 4.74 Å². The van der Waals surface area contributed by atoms with Gasteiger partial charge >= 0.3 is 6.61 Å². The highest BCUT2D eigenvalue weighted by atomic mass is 79.9. The standard InChI is InChI=1S/C14H14BrF2N3O3/c1-2-22-8-20-7-10(6-18-20)19-13(21)11-5-9(15)3-4-12(11)23-14(16)17/h3-7,14H,2,8H2,1H3,(H,19,21). The number of alkyl halides is 2. The summed E-state index contributed by atoms with van der Waals surface area (Å²) in [7, 11) is 0. The maximum atomic E-state index is 12.4. The van der Waals surface area contributed by atoms with E-state index in [0.717, 1.165) is 0 Å². The summed E-state index contributed by atoms with van der Waals surface area (Å²) >= 11 is 3.19. The van der Waals surface area contributed by atoms with E-state index in [0.29, 0.717) is 16.8 Å². The first-order valence-electron chi connectivity index (χ1n) is 6.65. The van der Waals surface area contributed by atoms with Gasteiger partial charge in [0.25, 0.3) is 5.91 Å². The number of anilines is 1. The minimum Gasteiger partial charge on any atom is -0.434 e. The fourth-order valence-electron chi connectivity index (χ4n) is 1.76. The van der Waals surface area contributed by atoms with Crippen LogP contribution in [0.1, 0.15) is 17.3 Å². The zero-order valence-electron chi connectivity index (χ0n) is 12.1. The summed E-state index contributed by atoms with van der Waals surface area (Å²) in [5.74, 6) is -0.791. The molecule has 0 spiro atoms. The third-order valence-electron chi connectivity index (χ3n) is 2.72. The average Bonchev–Trinajstić information content (AvgIpc) is 2.94. The molecule has 1 aromatic heterocycles. The van der Waals surface area contributed by atoms with Crippen LogP contribution in [0, 0.1) is 0 Å². The minimum atomic E-state index is -3.02. The number of benzene rings is 1. The molecule has 23 heavy (non-hydrogen) atoms. The van der Waals surface area contributed by atoms with Crippen LogP contribution in [0.25, 0.3) is 0 Å². The summed E-state index contributed by atoms with van der Waals surface area (Å²) in [6, 6.07) is 4.20. The van der Waals surface area contributed by atoms with Crippen LogP contribution >= 0.6 is 15.9 Å². The molecule has 0 fully saturated rings. The molecule has 0 bridgehead atoms. The molecular weight excluding hydrogens is 376 g/mol. The maximum absolute atomic E-state index is 12.4. The van der Waals surface area contributed by atoms with E-state index in [1.54, 1.807) is 6.20 Å². The number of nitrogens with zero attached hydrogens (tertiary/aromatic N) is 2. The van der Waals surface area contributed by atoms with Gasteiger partial charge in [0.1, 0.15) is 12.5 Å². The van der Waals surface area contributed by atoms with Crippen molar-refractivity contribution in [1.82, 2.24) is 9.78 Å². The Kier molecular flexibility index (Phi) is 6.05. The smallest absolute Gasteiger partial charge is 0.387 e.